The monoisotopic (exact) mass is 589 g/mol. The highest BCUT2D eigenvalue weighted by molar-refractivity contribution is 7.92. The van der Waals surface area contributed by atoms with Gasteiger partial charge in [-0.3, -0.25) is 13.9 Å². The van der Waals surface area contributed by atoms with E-state index in [2.05, 4.69) is 5.32 Å². The summed E-state index contributed by atoms with van der Waals surface area (Å²) in [5.41, 5.74) is 5.23. The second kappa shape index (κ2) is 14.0. The van der Waals surface area contributed by atoms with Crippen molar-refractivity contribution in [3.8, 4) is 0 Å². The van der Waals surface area contributed by atoms with E-state index in [1.54, 1.807) is 17.0 Å². The largest absolute Gasteiger partial charge is 0.352 e. The van der Waals surface area contributed by atoms with Crippen molar-refractivity contribution in [2.75, 3.05) is 17.1 Å². The zero-order chi connectivity index (χ0) is 30.3. The van der Waals surface area contributed by atoms with Crippen LogP contribution in [0, 0.1) is 20.8 Å². The van der Waals surface area contributed by atoms with E-state index in [9.17, 15) is 18.0 Å². The SMILES string of the molecule is Cc1cccc(CN(C(=O)CN(c2ccc(C)c(C)c2)S(C)(=O)=O)[C@H](Cc2ccccc2)C(=O)NC2CCCCC2)c1. The Kier molecular flexibility index (Phi) is 10.4. The normalized spacial score (nSPS) is 14.7. The lowest BCUT2D eigenvalue weighted by atomic mass is 9.94. The summed E-state index contributed by atoms with van der Waals surface area (Å²) in [6.45, 7) is 5.63. The van der Waals surface area contributed by atoms with Gasteiger partial charge in [0.05, 0.1) is 11.9 Å². The number of sulfonamides is 1. The number of rotatable bonds is 11. The smallest absolute Gasteiger partial charge is 0.244 e. The fraction of sp³-hybridized carbons (Fsp3) is 0.412. The Hall–Kier alpha value is -3.65. The molecule has 1 saturated carbocycles. The number of nitrogens with one attached hydrogen (secondary N) is 1. The van der Waals surface area contributed by atoms with E-state index in [0.717, 1.165) is 70.5 Å². The van der Waals surface area contributed by atoms with Crippen LogP contribution in [0.2, 0.25) is 0 Å². The molecule has 3 aromatic rings. The molecule has 1 fully saturated rings. The maximum absolute atomic E-state index is 14.3. The second-order valence-corrected chi connectivity index (χ2v) is 13.5. The van der Waals surface area contributed by atoms with Gasteiger partial charge < -0.3 is 10.2 Å². The highest BCUT2D eigenvalue weighted by Crippen LogP contribution is 2.24. The topological polar surface area (TPSA) is 86.8 Å². The highest BCUT2D eigenvalue weighted by atomic mass is 32.2. The van der Waals surface area contributed by atoms with Crippen LogP contribution in [-0.2, 0) is 32.6 Å². The van der Waals surface area contributed by atoms with Gasteiger partial charge in [0.15, 0.2) is 0 Å². The van der Waals surface area contributed by atoms with Gasteiger partial charge in [-0.05, 0) is 68.0 Å². The molecule has 0 spiro atoms. The maximum Gasteiger partial charge on any atom is 0.244 e. The molecule has 3 aromatic carbocycles. The van der Waals surface area contributed by atoms with E-state index in [1.807, 2.05) is 81.4 Å². The number of aryl methyl sites for hydroxylation is 3. The average Bonchev–Trinajstić information content (AvgIpc) is 2.95. The standard InChI is InChI=1S/C34H43N3O4S/c1-25-12-11-15-29(20-25)23-36(33(38)24-37(42(4,40)41)31-19-18-26(2)27(3)21-31)32(22-28-13-7-5-8-14-28)34(39)35-30-16-9-6-10-17-30/h5,7-8,11-15,18-21,30,32H,6,9-10,16-17,22-24H2,1-4H3,(H,35,39)/t32-/m1/s1. The molecular formula is C34H43N3O4S. The molecule has 1 aliphatic rings. The van der Waals surface area contributed by atoms with Gasteiger partial charge in [-0.1, -0.05) is 85.5 Å². The lowest BCUT2D eigenvalue weighted by molar-refractivity contribution is -0.140. The Morgan fingerprint density at radius 2 is 1.55 bits per heavy atom. The van der Waals surface area contributed by atoms with Crippen molar-refractivity contribution in [2.24, 2.45) is 0 Å². The molecule has 0 radical (unpaired) electrons. The first-order valence-electron chi connectivity index (χ1n) is 14.8. The van der Waals surface area contributed by atoms with Crippen LogP contribution in [0.1, 0.15) is 59.9 Å². The van der Waals surface area contributed by atoms with Gasteiger partial charge in [0.25, 0.3) is 0 Å². The van der Waals surface area contributed by atoms with Gasteiger partial charge >= 0.3 is 0 Å². The van der Waals surface area contributed by atoms with Crippen LogP contribution in [-0.4, -0.2) is 50.0 Å². The minimum Gasteiger partial charge on any atom is -0.352 e. The van der Waals surface area contributed by atoms with Crippen LogP contribution in [0.25, 0.3) is 0 Å². The highest BCUT2D eigenvalue weighted by Gasteiger charge is 2.34. The van der Waals surface area contributed by atoms with Gasteiger partial charge in [0.1, 0.15) is 12.6 Å². The molecule has 0 aromatic heterocycles. The second-order valence-electron chi connectivity index (χ2n) is 11.6. The number of carbonyl (C=O) groups excluding carboxylic acids is 2. The molecule has 0 heterocycles. The summed E-state index contributed by atoms with van der Waals surface area (Å²) in [6, 6.07) is 22.1. The number of amides is 2. The fourth-order valence-electron chi connectivity index (χ4n) is 5.60. The summed E-state index contributed by atoms with van der Waals surface area (Å²) >= 11 is 0. The summed E-state index contributed by atoms with van der Waals surface area (Å²) in [4.78, 5) is 29.9. The molecule has 1 aliphatic carbocycles. The summed E-state index contributed by atoms with van der Waals surface area (Å²) in [5, 5.41) is 3.24. The molecule has 2 amide bonds. The van der Waals surface area contributed by atoms with E-state index in [0.29, 0.717) is 12.1 Å². The summed E-state index contributed by atoms with van der Waals surface area (Å²) in [5.74, 6) is -0.635. The van der Waals surface area contributed by atoms with Crippen molar-refractivity contribution in [2.45, 2.75) is 77.9 Å². The molecule has 0 bridgehead atoms. The van der Waals surface area contributed by atoms with E-state index >= 15 is 0 Å². The van der Waals surface area contributed by atoms with Crippen molar-refractivity contribution in [3.05, 3.63) is 101 Å². The zero-order valence-corrected chi connectivity index (χ0v) is 26.0. The van der Waals surface area contributed by atoms with Crippen LogP contribution >= 0.6 is 0 Å². The van der Waals surface area contributed by atoms with E-state index in [-0.39, 0.29) is 18.5 Å². The van der Waals surface area contributed by atoms with E-state index in [4.69, 9.17) is 0 Å². The lowest BCUT2D eigenvalue weighted by Gasteiger charge is -2.35. The first kappa shape index (κ1) is 31.3. The van der Waals surface area contributed by atoms with Crippen LogP contribution < -0.4 is 9.62 Å². The molecule has 0 aliphatic heterocycles. The first-order chi connectivity index (χ1) is 20.0. The molecule has 42 heavy (non-hydrogen) atoms. The predicted molar refractivity (Wildman–Crippen MR) is 169 cm³/mol. The number of carbonyl (C=O) groups is 2. The minimum atomic E-state index is -3.80. The molecular weight excluding hydrogens is 546 g/mol. The third-order valence-corrected chi connectivity index (χ3v) is 9.26. The molecule has 0 saturated heterocycles. The molecule has 1 N–H and O–H groups in total. The minimum absolute atomic E-state index is 0.0727. The van der Waals surface area contributed by atoms with Crippen LogP contribution in [0.5, 0.6) is 0 Å². The van der Waals surface area contributed by atoms with Crippen molar-refractivity contribution in [3.63, 3.8) is 0 Å². The summed E-state index contributed by atoms with van der Waals surface area (Å²) < 4.78 is 27.2. The Morgan fingerprint density at radius 3 is 2.19 bits per heavy atom. The van der Waals surface area contributed by atoms with Crippen molar-refractivity contribution < 1.29 is 18.0 Å². The van der Waals surface area contributed by atoms with Crippen molar-refractivity contribution in [1.82, 2.24) is 10.2 Å². The molecule has 1 atom stereocenters. The van der Waals surface area contributed by atoms with Crippen LogP contribution in [0.4, 0.5) is 5.69 Å². The van der Waals surface area contributed by atoms with Crippen LogP contribution in [0.15, 0.2) is 72.8 Å². The molecule has 7 nitrogen and oxygen atoms in total. The summed E-state index contributed by atoms with van der Waals surface area (Å²) in [7, 11) is -3.80. The zero-order valence-electron chi connectivity index (χ0n) is 25.2. The van der Waals surface area contributed by atoms with Gasteiger partial charge in [0.2, 0.25) is 21.8 Å². The van der Waals surface area contributed by atoms with E-state index < -0.39 is 28.5 Å². The quantitative estimate of drug-likeness (QED) is 0.322. The van der Waals surface area contributed by atoms with Gasteiger partial charge in [0, 0.05) is 19.0 Å². The number of benzene rings is 3. The van der Waals surface area contributed by atoms with Crippen molar-refractivity contribution >= 4 is 27.5 Å². The van der Waals surface area contributed by atoms with E-state index in [1.165, 1.54) is 0 Å². The Bertz CT molecular complexity index is 1480. The third kappa shape index (κ3) is 8.44. The van der Waals surface area contributed by atoms with Gasteiger partial charge in [-0.25, -0.2) is 8.42 Å². The number of hydrogen-bond acceptors (Lipinski definition) is 4. The fourth-order valence-corrected chi connectivity index (χ4v) is 6.44. The number of anilines is 1. The molecule has 4 rings (SSSR count). The molecule has 8 heteroatoms. The lowest BCUT2D eigenvalue weighted by Crippen LogP contribution is -2.55. The Morgan fingerprint density at radius 1 is 0.857 bits per heavy atom. The molecule has 0 unspecified atom stereocenters. The summed E-state index contributed by atoms with van der Waals surface area (Å²) in [6.07, 6.45) is 6.57. The predicted octanol–water partition coefficient (Wildman–Crippen LogP) is 5.47. The van der Waals surface area contributed by atoms with Gasteiger partial charge in [-0.15, -0.1) is 0 Å². The third-order valence-electron chi connectivity index (χ3n) is 8.12. The van der Waals surface area contributed by atoms with Crippen LogP contribution in [0.3, 0.4) is 0 Å². The Labute approximate surface area is 251 Å². The van der Waals surface area contributed by atoms with Gasteiger partial charge in [-0.2, -0.15) is 0 Å². The first-order valence-corrected chi connectivity index (χ1v) is 16.6. The number of hydrogen-bond donors (Lipinski definition) is 1. The average molecular weight is 590 g/mol. The molecule has 224 valence electrons. The maximum atomic E-state index is 14.3. The number of nitrogens with zero attached hydrogens (tertiary/aromatic N) is 2. The Balaban J connectivity index is 1.73. The van der Waals surface area contributed by atoms with Crippen molar-refractivity contribution in [1.29, 1.82) is 0 Å².